The Hall–Kier alpha value is -2.49. The maximum absolute atomic E-state index is 12.8. The minimum absolute atomic E-state index is 0.0594. The normalized spacial score (nSPS) is 22.1. The molecule has 0 saturated carbocycles. The molecule has 1 atom stereocenters. The van der Waals surface area contributed by atoms with E-state index in [9.17, 15) is 27.9 Å². The van der Waals surface area contributed by atoms with Gasteiger partial charge in [-0.2, -0.15) is 13.2 Å². The number of halogens is 3. The molecule has 1 aromatic rings. The van der Waals surface area contributed by atoms with E-state index < -0.39 is 24.3 Å². The van der Waals surface area contributed by atoms with Crippen LogP contribution < -0.4 is 4.90 Å². The van der Waals surface area contributed by atoms with Crippen molar-refractivity contribution in [3.63, 3.8) is 0 Å². The van der Waals surface area contributed by atoms with Crippen molar-refractivity contribution in [2.24, 2.45) is 5.92 Å². The molecule has 1 aromatic carbocycles. The Morgan fingerprint density at radius 2 is 1.75 bits per heavy atom. The summed E-state index contributed by atoms with van der Waals surface area (Å²) in [5.74, 6) is -0.983. The number of likely N-dealkylation sites (tertiary alicyclic amines) is 2. The lowest BCUT2D eigenvalue weighted by Gasteiger charge is -2.45. The standard InChI is InChI=1S/C26H36F3N3O4/c1-18-14-20(16-22(15-18)30-10-4-21(5-11-30)23(33)34)17-32-9-3-6-25(32)7-12-31(13-8-25)24(35)36-19(2)26(27,28)29/h14-16,19,21H,3-13,17H2,1-2H3,(H,33,34). The number of anilines is 1. The van der Waals surface area contributed by atoms with Crippen LogP contribution in [0.3, 0.4) is 0 Å². The molecule has 10 heteroatoms. The number of hydrogen-bond acceptors (Lipinski definition) is 5. The molecule has 200 valence electrons. The second-order valence-corrected chi connectivity index (χ2v) is 10.6. The molecule has 1 N–H and O–H groups in total. The first-order valence-electron chi connectivity index (χ1n) is 12.8. The van der Waals surface area contributed by atoms with Gasteiger partial charge in [0.2, 0.25) is 0 Å². The minimum atomic E-state index is -4.56. The van der Waals surface area contributed by atoms with Gasteiger partial charge in [0.15, 0.2) is 6.10 Å². The lowest BCUT2D eigenvalue weighted by Crippen LogP contribution is -2.53. The summed E-state index contributed by atoms with van der Waals surface area (Å²) in [7, 11) is 0. The molecule has 36 heavy (non-hydrogen) atoms. The highest BCUT2D eigenvalue weighted by Gasteiger charge is 2.45. The van der Waals surface area contributed by atoms with Crippen LogP contribution in [0.15, 0.2) is 18.2 Å². The molecule has 1 amide bonds. The smallest absolute Gasteiger partial charge is 0.425 e. The molecule has 1 spiro atoms. The molecule has 3 aliphatic heterocycles. The van der Waals surface area contributed by atoms with Gasteiger partial charge in [-0.1, -0.05) is 6.07 Å². The van der Waals surface area contributed by atoms with Gasteiger partial charge in [0.1, 0.15) is 0 Å². The van der Waals surface area contributed by atoms with E-state index in [1.54, 1.807) is 0 Å². The van der Waals surface area contributed by atoms with Crippen molar-refractivity contribution < 1.29 is 32.6 Å². The first-order chi connectivity index (χ1) is 17.0. The third kappa shape index (κ3) is 5.90. The summed E-state index contributed by atoms with van der Waals surface area (Å²) < 4.78 is 43.0. The fraction of sp³-hybridized carbons (Fsp3) is 0.692. The van der Waals surface area contributed by atoms with Crippen molar-refractivity contribution in [3.05, 3.63) is 29.3 Å². The van der Waals surface area contributed by atoms with Gasteiger partial charge in [-0.25, -0.2) is 4.79 Å². The predicted octanol–water partition coefficient (Wildman–Crippen LogP) is 4.81. The molecular weight excluding hydrogens is 475 g/mol. The molecule has 0 radical (unpaired) electrons. The molecule has 1 unspecified atom stereocenters. The third-order valence-corrected chi connectivity index (χ3v) is 8.14. The fourth-order valence-electron chi connectivity index (χ4n) is 5.92. The van der Waals surface area contributed by atoms with Gasteiger partial charge in [0.05, 0.1) is 5.92 Å². The van der Waals surface area contributed by atoms with Gasteiger partial charge in [0.25, 0.3) is 0 Å². The van der Waals surface area contributed by atoms with Crippen LogP contribution in [-0.4, -0.2) is 77.5 Å². The molecule has 0 aromatic heterocycles. The van der Waals surface area contributed by atoms with Crippen molar-refractivity contribution in [1.82, 2.24) is 9.80 Å². The number of carboxylic acid groups (broad SMARTS) is 1. The maximum Gasteiger partial charge on any atom is 0.425 e. The van der Waals surface area contributed by atoms with E-state index >= 15 is 0 Å². The fourth-order valence-corrected chi connectivity index (χ4v) is 5.92. The van der Waals surface area contributed by atoms with Crippen LogP contribution in [0.4, 0.5) is 23.7 Å². The monoisotopic (exact) mass is 511 g/mol. The van der Waals surface area contributed by atoms with E-state index in [4.69, 9.17) is 0 Å². The summed E-state index contributed by atoms with van der Waals surface area (Å²) in [6, 6.07) is 6.53. The summed E-state index contributed by atoms with van der Waals surface area (Å²) in [5.41, 5.74) is 3.43. The van der Waals surface area contributed by atoms with Crippen LogP contribution in [0.1, 0.15) is 56.6 Å². The number of aliphatic carboxylic acids is 1. The SMILES string of the molecule is Cc1cc(CN2CCCC23CCN(C(=O)OC(C)C(F)(F)F)CC3)cc(N2CCC(C(=O)O)CC2)c1. The van der Waals surface area contributed by atoms with Gasteiger partial charge in [-0.3, -0.25) is 9.69 Å². The second kappa shape index (κ2) is 10.5. The van der Waals surface area contributed by atoms with E-state index in [-0.39, 0.29) is 11.5 Å². The van der Waals surface area contributed by atoms with Gasteiger partial charge < -0.3 is 19.6 Å². The zero-order valence-corrected chi connectivity index (χ0v) is 21.0. The van der Waals surface area contributed by atoms with E-state index in [1.807, 2.05) is 0 Å². The lowest BCUT2D eigenvalue weighted by molar-refractivity contribution is -0.200. The Morgan fingerprint density at radius 1 is 1.08 bits per heavy atom. The quantitative estimate of drug-likeness (QED) is 0.612. The van der Waals surface area contributed by atoms with Crippen LogP contribution >= 0.6 is 0 Å². The molecule has 4 rings (SSSR count). The highest BCUT2D eigenvalue weighted by Crippen LogP contribution is 2.40. The Bertz CT molecular complexity index is 954. The molecule has 3 heterocycles. The van der Waals surface area contributed by atoms with Crippen LogP contribution in [0.5, 0.6) is 0 Å². The van der Waals surface area contributed by atoms with E-state index in [1.165, 1.54) is 10.5 Å². The Labute approximate surface area is 210 Å². The lowest BCUT2D eigenvalue weighted by atomic mass is 9.84. The summed E-state index contributed by atoms with van der Waals surface area (Å²) >= 11 is 0. The molecule has 0 aliphatic carbocycles. The van der Waals surface area contributed by atoms with Crippen molar-refractivity contribution in [2.75, 3.05) is 37.6 Å². The number of carboxylic acids is 1. The van der Waals surface area contributed by atoms with Crippen LogP contribution in [-0.2, 0) is 16.1 Å². The van der Waals surface area contributed by atoms with Gasteiger partial charge >= 0.3 is 18.2 Å². The molecule has 3 aliphatic rings. The molecule has 3 fully saturated rings. The largest absolute Gasteiger partial charge is 0.481 e. The van der Waals surface area contributed by atoms with Crippen LogP contribution in [0.25, 0.3) is 0 Å². The number of amides is 1. The van der Waals surface area contributed by atoms with Crippen LogP contribution in [0, 0.1) is 12.8 Å². The number of benzene rings is 1. The van der Waals surface area contributed by atoms with Crippen molar-refractivity contribution in [3.8, 4) is 0 Å². The topological polar surface area (TPSA) is 73.3 Å². The van der Waals surface area contributed by atoms with E-state index in [0.29, 0.717) is 38.8 Å². The van der Waals surface area contributed by atoms with Gasteiger partial charge in [-0.15, -0.1) is 0 Å². The summed E-state index contributed by atoms with van der Waals surface area (Å²) in [5, 5.41) is 9.28. The number of alkyl halides is 3. The summed E-state index contributed by atoms with van der Waals surface area (Å²) in [6.07, 6.45) is -2.79. The number of rotatable bonds is 5. The minimum Gasteiger partial charge on any atom is -0.481 e. The Morgan fingerprint density at radius 3 is 2.36 bits per heavy atom. The number of carbonyl (C=O) groups excluding carboxylic acids is 1. The molecular formula is C26H36F3N3O4. The third-order valence-electron chi connectivity index (χ3n) is 8.14. The van der Waals surface area contributed by atoms with E-state index in [0.717, 1.165) is 57.2 Å². The van der Waals surface area contributed by atoms with Crippen LogP contribution in [0.2, 0.25) is 0 Å². The van der Waals surface area contributed by atoms with E-state index in [2.05, 4.69) is 39.7 Å². The van der Waals surface area contributed by atoms with Gasteiger partial charge in [0, 0.05) is 44.0 Å². The number of aryl methyl sites for hydroxylation is 1. The maximum atomic E-state index is 12.8. The molecule has 7 nitrogen and oxygen atoms in total. The van der Waals surface area contributed by atoms with Crippen molar-refractivity contribution in [1.29, 1.82) is 0 Å². The average Bonchev–Trinajstić information content (AvgIpc) is 3.19. The molecule has 0 bridgehead atoms. The number of piperidine rings is 2. The number of carbonyl (C=O) groups is 2. The molecule has 3 saturated heterocycles. The van der Waals surface area contributed by atoms with Crippen molar-refractivity contribution in [2.45, 2.75) is 76.7 Å². The predicted molar refractivity (Wildman–Crippen MR) is 129 cm³/mol. The zero-order valence-electron chi connectivity index (χ0n) is 21.0. The van der Waals surface area contributed by atoms with Crippen molar-refractivity contribution >= 4 is 17.7 Å². The second-order valence-electron chi connectivity index (χ2n) is 10.6. The summed E-state index contributed by atoms with van der Waals surface area (Å²) in [4.78, 5) is 29.7. The highest BCUT2D eigenvalue weighted by molar-refractivity contribution is 5.70. The number of hydrogen-bond donors (Lipinski definition) is 1. The first-order valence-corrected chi connectivity index (χ1v) is 12.8. The Kier molecular flexibility index (Phi) is 7.73. The Balaban J connectivity index is 1.38. The summed E-state index contributed by atoms with van der Waals surface area (Å²) in [6.45, 7) is 6.88. The number of nitrogens with zero attached hydrogens (tertiary/aromatic N) is 3. The van der Waals surface area contributed by atoms with Gasteiger partial charge in [-0.05, 0) is 82.2 Å². The highest BCUT2D eigenvalue weighted by atomic mass is 19.4. The zero-order chi connectivity index (χ0) is 26.1. The average molecular weight is 512 g/mol. The first kappa shape index (κ1) is 26.6. The number of ether oxygens (including phenoxy) is 1.